The van der Waals surface area contributed by atoms with E-state index in [-0.39, 0.29) is 23.8 Å². The summed E-state index contributed by atoms with van der Waals surface area (Å²) < 4.78 is 7.47. The van der Waals surface area contributed by atoms with Gasteiger partial charge in [-0.3, -0.25) is 9.59 Å². The maximum Gasteiger partial charge on any atom is 0.279 e. The lowest BCUT2D eigenvalue weighted by Gasteiger charge is -2.27. The first kappa shape index (κ1) is 22.1. The zero-order valence-corrected chi connectivity index (χ0v) is 19.4. The Morgan fingerprint density at radius 2 is 1.84 bits per heavy atom. The number of amides is 1. The second-order valence-corrected chi connectivity index (χ2v) is 8.96. The molecule has 1 N–H and O–H groups in total. The molecule has 4 rings (SSSR count). The molecule has 1 aromatic heterocycles. The molecule has 1 aliphatic heterocycles. The van der Waals surface area contributed by atoms with Crippen LogP contribution in [0, 0.1) is 6.92 Å². The molecular formula is C25H27N3O3S. The van der Waals surface area contributed by atoms with Crippen molar-refractivity contribution in [2.45, 2.75) is 43.5 Å². The molecule has 166 valence electrons. The average molecular weight is 450 g/mol. The van der Waals surface area contributed by atoms with E-state index in [1.165, 1.54) is 17.3 Å². The van der Waals surface area contributed by atoms with Crippen molar-refractivity contribution in [3.05, 3.63) is 81.1 Å². The highest BCUT2D eigenvalue weighted by Gasteiger charge is 2.32. The Morgan fingerprint density at radius 1 is 1.12 bits per heavy atom. The Labute approximate surface area is 192 Å². The summed E-state index contributed by atoms with van der Waals surface area (Å²) >= 11 is 1.48. The highest BCUT2D eigenvalue weighted by atomic mass is 32.2. The van der Waals surface area contributed by atoms with Crippen LogP contribution in [0.2, 0.25) is 0 Å². The molecule has 0 unspecified atom stereocenters. The second kappa shape index (κ2) is 9.61. The maximum atomic E-state index is 13.1. The van der Waals surface area contributed by atoms with Crippen LogP contribution in [0.25, 0.3) is 0 Å². The summed E-state index contributed by atoms with van der Waals surface area (Å²) in [5, 5.41) is 3.48. The Hall–Kier alpha value is -3.06. The molecule has 7 heteroatoms. The highest BCUT2D eigenvalue weighted by molar-refractivity contribution is 7.98. The van der Waals surface area contributed by atoms with Gasteiger partial charge in [0.15, 0.2) is 5.16 Å². The van der Waals surface area contributed by atoms with Crippen molar-refractivity contribution in [2.24, 2.45) is 7.05 Å². The van der Waals surface area contributed by atoms with Crippen LogP contribution in [0.5, 0.6) is 5.75 Å². The lowest BCUT2D eigenvalue weighted by molar-refractivity contribution is -0.116. The Morgan fingerprint density at radius 3 is 2.53 bits per heavy atom. The van der Waals surface area contributed by atoms with Gasteiger partial charge in [-0.1, -0.05) is 60.6 Å². The van der Waals surface area contributed by atoms with Crippen molar-refractivity contribution >= 4 is 23.5 Å². The number of carbonyl (C=O) groups is 1. The molecule has 0 radical (unpaired) electrons. The van der Waals surface area contributed by atoms with Crippen LogP contribution in [0.4, 0.5) is 5.82 Å². The molecule has 3 aromatic rings. The number of anilines is 1. The molecule has 0 saturated heterocycles. The number of ether oxygens (including phenoxy) is 1. The van der Waals surface area contributed by atoms with Crippen LogP contribution in [0.1, 0.15) is 47.9 Å². The van der Waals surface area contributed by atoms with Crippen molar-refractivity contribution in [1.82, 2.24) is 9.55 Å². The van der Waals surface area contributed by atoms with E-state index in [0.29, 0.717) is 28.9 Å². The highest BCUT2D eigenvalue weighted by Crippen LogP contribution is 2.36. The number of hydrogen-bond donors (Lipinski definition) is 1. The maximum absolute atomic E-state index is 13.1. The summed E-state index contributed by atoms with van der Waals surface area (Å²) in [4.78, 5) is 30.0. The average Bonchev–Trinajstić information content (AvgIpc) is 2.80. The molecule has 6 nitrogen and oxygen atoms in total. The predicted octanol–water partition coefficient (Wildman–Crippen LogP) is 4.64. The standard InChI is InChI=1S/C25H27N3O3S/c1-4-13-31-19-11-9-18(10-12-19)20-14-21(29)26-23-22(20)24(30)27-25(28(23)3)32-15-17-7-5-16(2)6-8-17/h5-12,20H,4,13-15H2,1-3H3,(H,26,29)/t20-/m1/s1. The summed E-state index contributed by atoms with van der Waals surface area (Å²) in [5.41, 5.74) is 3.51. The van der Waals surface area contributed by atoms with Crippen molar-refractivity contribution < 1.29 is 9.53 Å². The first-order chi connectivity index (χ1) is 15.5. The topological polar surface area (TPSA) is 73.2 Å². The number of carbonyl (C=O) groups excluding carboxylic acids is 1. The van der Waals surface area contributed by atoms with Crippen LogP contribution in [-0.2, 0) is 17.6 Å². The first-order valence-electron chi connectivity index (χ1n) is 10.8. The van der Waals surface area contributed by atoms with Crippen LogP contribution in [-0.4, -0.2) is 22.1 Å². The van der Waals surface area contributed by atoms with Crippen molar-refractivity contribution in [3.63, 3.8) is 0 Å². The third-order valence-electron chi connectivity index (χ3n) is 5.54. The number of fused-ring (bicyclic) bond motifs is 1. The molecule has 0 spiro atoms. The number of nitrogens with zero attached hydrogens (tertiary/aromatic N) is 2. The Kier molecular flexibility index (Phi) is 6.65. The van der Waals surface area contributed by atoms with Crippen molar-refractivity contribution in [2.75, 3.05) is 11.9 Å². The fourth-order valence-corrected chi connectivity index (χ4v) is 4.72. The van der Waals surface area contributed by atoms with Crippen LogP contribution < -0.4 is 15.6 Å². The minimum Gasteiger partial charge on any atom is -0.494 e. The minimum atomic E-state index is -0.332. The lowest BCUT2D eigenvalue weighted by Crippen LogP contribution is -2.33. The molecule has 1 amide bonds. The lowest BCUT2D eigenvalue weighted by atomic mass is 9.87. The van der Waals surface area contributed by atoms with Gasteiger partial charge in [0.2, 0.25) is 5.91 Å². The summed E-state index contributed by atoms with van der Waals surface area (Å²) in [6, 6.07) is 15.9. The first-order valence-corrected chi connectivity index (χ1v) is 11.8. The summed E-state index contributed by atoms with van der Waals surface area (Å²) in [7, 11) is 1.84. The number of nitrogens with one attached hydrogen (secondary N) is 1. The molecule has 0 aliphatic carbocycles. The molecule has 1 atom stereocenters. The van der Waals surface area contributed by atoms with Gasteiger partial charge in [-0.05, 0) is 36.6 Å². The van der Waals surface area contributed by atoms with Gasteiger partial charge in [0.1, 0.15) is 11.6 Å². The smallest absolute Gasteiger partial charge is 0.279 e. The molecule has 0 bridgehead atoms. The van der Waals surface area contributed by atoms with Gasteiger partial charge < -0.3 is 14.6 Å². The van der Waals surface area contributed by atoms with Crippen molar-refractivity contribution in [1.29, 1.82) is 0 Å². The number of thioether (sulfide) groups is 1. The van der Waals surface area contributed by atoms with Gasteiger partial charge in [-0.2, -0.15) is 4.98 Å². The van der Waals surface area contributed by atoms with E-state index in [2.05, 4.69) is 48.4 Å². The predicted molar refractivity (Wildman–Crippen MR) is 128 cm³/mol. The van der Waals surface area contributed by atoms with E-state index in [1.807, 2.05) is 35.9 Å². The number of benzene rings is 2. The molecule has 0 saturated carbocycles. The van der Waals surface area contributed by atoms with Gasteiger partial charge in [0.05, 0.1) is 12.2 Å². The van der Waals surface area contributed by atoms with E-state index in [9.17, 15) is 9.59 Å². The number of rotatable bonds is 7. The van der Waals surface area contributed by atoms with E-state index in [4.69, 9.17) is 4.74 Å². The fourth-order valence-electron chi connectivity index (χ4n) is 3.80. The molecule has 2 aromatic carbocycles. The van der Waals surface area contributed by atoms with Gasteiger partial charge in [-0.15, -0.1) is 0 Å². The van der Waals surface area contributed by atoms with Gasteiger partial charge in [0.25, 0.3) is 5.56 Å². The Bertz CT molecular complexity index is 1170. The zero-order valence-electron chi connectivity index (χ0n) is 18.6. The third kappa shape index (κ3) is 4.72. The summed E-state index contributed by atoms with van der Waals surface area (Å²) in [5.74, 6) is 1.57. The minimum absolute atomic E-state index is 0.107. The molecule has 32 heavy (non-hydrogen) atoms. The second-order valence-electron chi connectivity index (χ2n) is 8.02. The van der Waals surface area contributed by atoms with Crippen LogP contribution in [0.3, 0.4) is 0 Å². The largest absolute Gasteiger partial charge is 0.494 e. The van der Waals surface area contributed by atoms with Crippen LogP contribution in [0.15, 0.2) is 58.5 Å². The van der Waals surface area contributed by atoms with E-state index in [0.717, 1.165) is 23.3 Å². The summed E-state index contributed by atoms with van der Waals surface area (Å²) in [6.45, 7) is 4.76. The third-order valence-corrected chi connectivity index (χ3v) is 6.65. The van der Waals surface area contributed by atoms with Gasteiger partial charge >= 0.3 is 0 Å². The van der Waals surface area contributed by atoms with E-state index >= 15 is 0 Å². The molecule has 2 heterocycles. The van der Waals surface area contributed by atoms with Crippen LogP contribution >= 0.6 is 11.8 Å². The van der Waals surface area contributed by atoms with Crippen molar-refractivity contribution in [3.8, 4) is 5.75 Å². The Balaban J connectivity index is 1.63. The number of aryl methyl sites for hydroxylation is 1. The summed E-state index contributed by atoms with van der Waals surface area (Å²) in [6.07, 6.45) is 1.15. The van der Waals surface area contributed by atoms with Gasteiger partial charge in [0, 0.05) is 25.1 Å². The normalized spacial score (nSPS) is 15.2. The number of aromatic nitrogens is 2. The molecule has 1 aliphatic rings. The zero-order chi connectivity index (χ0) is 22.7. The molecule has 0 fully saturated rings. The van der Waals surface area contributed by atoms with Gasteiger partial charge in [-0.25, -0.2) is 0 Å². The quantitative estimate of drug-likeness (QED) is 0.420. The fraction of sp³-hybridized carbons (Fsp3) is 0.320. The molecular weight excluding hydrogens is 422 g/mol. The van der Waals surface area contributed by atoms with E-state index in [1.54, 1.807) is 0 Å². The SMILES string of the molecule is CCCOc1ccc([C@H]2CC(=O)Nc3c2c(=O)nc(SCc2ccc(C)cc2)n3C)cc1. The number of hydrogen-bond acceptors (Lipinski definition) is 5. The monoisotopic (exact) mass is 449 g/mol. The van der Waals surface area contributed by atoms with E-state index < -0.39 is 0 Å².